The van der Waals surface area contributed by atoms with Crippen molar-refractivity contribution in [3.05, 3.63) is 0 Å². The Morgan fingerprint density at radius 2 is 1.82 bits per heavy atom. The van der Waals surface area contributed by atoms with Gasteiger partial charge in [0.15, 0.2) is 6.29 Å². The normalized spacial score (nSPS) is 43.2. The second-order valence-corrected chi connectivity index (χ2v) is 6.56. The van der Waals surface area contributed by atoms with Crippen LogP contribution in [-0.4, -0.2) is 19.5 Å². The molecule has 0 N–H and O–H groups in total. The van der Waals surface area contributed by atoms with Gasteiger partial charge in [-0.1, -0.05) is 34.1 Å². The van der Waals surface area contributed by atoms with Gasteiger partial charge in [0.05, 0.1) is 13.2 Å². The van der Waals surface area contributed by atoms with Crippen molar-refractivity contribution in [2.45, 2.75) is 59.7 Å². The fraction of sp³-hybridized carbons (Fsp3) is 1.00. The second-order valence-electron chi connectivity index (χ2n) is 6.56. The molecule has 1 aliphatic carbocycles. The van der Waals surface area contributed by atoms with Gasteiger partial charge in [-0.05, 0) is 37.0 Å². The zero-order chi connectivity index (χ0) is 12.5. The lowest BCUT2D eigenvalue weighted by molar-refractivity contribution is -0.254. The third-order valence-electron chi connectivity index (χ3n) is 4.76. The van der Waals surface area contributed by atoms with Crippen LogP contribution in [0.2, 0.25) is 0 Å². The highest BCUT2D eigenvalue weighted by atomic mass is 16.7. The molecule has 1 saturated heterocycles. The number of hydrogen-bond acceptors (Lipinski definition) is 2. The summed E-state index contributed by atoms with van der Waals surface area (Å²) in [7, 11) is 0. The summed E-state index contributed by atoms with van der Waals surface area (Å²) in [5.41, 5.74) is 0.303. The molecule has 1 unspecified atom stereocenters. The number of rotatable bonds is 2. The molecule has 2 rings (SSSR count). The molecule has 2 nitrogen and oxygen atoms in total. The minimum atomic E-state index is 0.0469. The maximum absolute atomic E-state index is 5.93. The summed E-state index contributed by atoms with van der Waals surface area (Å²) in [5.74, 6) is 2.35. The SMILES string of the molecule is CCC1OCC2(CO1)C[C@H](C)CCC2C(C)C. The summed E-state index contributed by atoms with van der Waals surface area (Å²) in [5, 5.41) is 0. The number of ether oxygens (including phenoxy) is 2. The van der Waals surface area contributed by atoms with Gasteiger partial charge in [-0.2, -0.15) is 0 Å². The lowest BCUT2D eigenvalue weighted by Crippen LogP contribution is -2.50. The molecule has 2 aliphatic rings. The van der Waals surface area contributed by atoms with Gasteiger partial charge < -0.3 is 9.47 Å². The van der Waals surface area contributed by atoms with Crippen LogP contribution in [-0.2, 0) is 9.47 Å². The van der Waals surface area contributed by atoms with Crippen molar-refractivity contribution in [1.82, 2.24) is 0 Å². The van der Waals surface area contributed by atoms with Crippen LogP contribution in [0.1, 0.15) is 53.4 Å². The van der Waals surface area contributed by atoms with Crippen molar-refractivity contribution in [2.75, 3.05) is 13.2 Å². The van der Waals surface area contributed by atoms with Crippen LogP contribution in [0.3, 0.4) is 0 Å². The lowest BCUT2D eigenvalue weighted by Gasteiger charge is -2.51. The Balaban J connectivity index is 2.08. The van der Waals surface area contributed by atoms with Crippen molar-refractivity contribution in [2.24, 2.45) is 23.2 Å². The first-order valence-corrected chi connectivity index (χ1v) is 7.30. The van der Waals surface area contributed by atoms with Gasteiger partial charge in [-0.3, -0.25) is 0 Å². The van der Waals surface area contributed by atoms with Crippen molar-refractivity contribution in [3.63, 3.8) is 0 Å². The van der Waals surface area contributed by atoms with Gasteiger partial charge in [0.25, 0.3) is 0 Å². The van der Waals surface area contributed by atoms with Crippen molar-refractivity contribution >= 4 is 0 Å². The summed E-state index contributed by atoms with van der Waals surface area (Å²) >= 11 is 0. The van der Waals surface area contributed by atoms with Gasteiger partial charge in [-0.25, -0.2) is 0 Å². The first-order valence-electron chi connectivity index (χ1n) is 7.30. The standard InChI is InChI=1S/C15H28O2/c1-5-14-16-9-15(10-17-14)8-12(4)6-7-13(15)11(2)3/h11-14H,5-10H2,1-4H3/t12-,13?,14?,15?/m1/s1. The molecular weight excluding hydrogens is 212 g/mol. The zero-order valence-corrected chi connectivity index (χ0v) is 11.9. The van der Waals surface area contributed by atoms with E-state index in [0.717, 1.165) is 37.4 Å². The Kier molecular flexibility index (Phi) is 4.14. The van der Waals surface area contributed by atoms with E-state index in [-0.39, 0.29) is 6.29 Å². The Bertz CT molecular complexity index is 241. The molecule has 100 valence electrons. The molecule has 2 atom stereocenters. The van der Waals surface area contributed by atoms with Crippen molar-refractivity contribution in [3.8, 4) is 0 Å². The first-order chi connectivity index (χ1) is 8.07. The molecule has 2 heteroatoms. The van der Waals surface area contributed by atoms with E-state index < -0.39 is 0 Å². The molecule has 0 aromatic heterocycles. The Morgan fingerprint density at radius 3 is 2.35 bits per heavy atom. The molecule has 0 aromatic rings. The largest absolute Gasteiger partial charge is 0.352 e. The van der Waals surface area contributed by atoms with Crippen molar-refractivity contribution < 1.29 is 9.47 Å². The first kappa shape index (κ1) is 13.4. The summed E-state index contributed by atoms with van der Waals surface area (Å²) in [6.07, 6.45) is 5.03. The fourth-order valence-electron chi connectivity index (χ4n) is 3.93. The Labute approximate surface area is 106 Å². The van der Waals surface area contributed by atoms with Gasteiger partial charge in [0, 0.05) is 5.41 Å². The summed E-state index contributed by atoms with van der Waals surface area (Å²) < 4.78 is 11.9. The predicted molar refractivity (Wildman–Crippen MR) is 69.8 cm³/mol. The number of hydrogen-bond donors (Lipinski definition) is 0. The Morgan fingerprint density at radius 1 is 1.18 bits per heavy atom. The van der Waals surface area contributed by atoms with Crippen LogP contribution in [0, 0.1) is 23.2 Å². The van der Waals surface area contributed by atoms with E-state index in [0.29, 0.717) is 5.41 Å². The second kappa shape index (κ2) is 5.27. The fourth-order valence-corrected chi connectivity index (χ4v) is 3.93. The summed E-state index contributed by atoms with van der Waals surface area (Å²) in [6, 6.07) is 0. The van der Waals surface area contributed by atoms with Crippen LogP contribution < -0.4 is 0 Å². The molecule has 1 spiro atoms. The Hall–Kier alpha value is -0.0800. The van der Waals surface area contributed by atoms with E-state index in [1.807, 2.05) is 0 Å². The molecule has 17 heavy (non-hydrogen) atoms. The minimum Gasteiger partial charge on any atom is -0.352 e. The summed E-state index contributed by atoms with van der Waals surface area (Å²) in [6.45, 7) is 11.1. The van der Waals surface area contributed by atoms with E-state index in [1.54, 1.807) is 0 Å². The van der Waals surface area contributed by atoms with Crippen LogP contribution in [0.5, 0.6) is 0 Å². The highest BCUT2D eigenvalue weighted by Gasteiger charge is 2.47. The van der Waals surface area contributed by atoms with Crippen molar-refractivity contribution in [1.29, 1.82) is 0 Å². The maximum Gasteiger partial charge on any atom is 0.157 e. The molecule has 0 radical (unpaired) electrons. The minimum absolute atomic E-state index is 0.0469. The van der Waals surface area contributed by atoms with E-state index in [9.17, 15) is 0 Å². The van der Waals surface area contributed by atoms with Crippen LogP contribution >= 0.6 is 0 Å². The van der Waals surface area contributed by atoms with E-state index in [1.165, 1.54) is 19.3 Å². The predicted octanol–water partition coefficient (Wildman–Crippen LogP) is 3.85. The van der Waals surface area contributed by atoms with Gasteiger partial charge in [0.1, 0.15) is 0 Å². The monoisotopic (exact) mass is 240 g/mol. The smallest absolute Gasteiger partial charge is 0.157 e. The third kappa shape index (κ3) is 2.68. The lowest BCUT2D eigenvalue weighted by atomic mass is 9.60. The van der Waals surface area contributed by atoms with Gasteiger partial charge in [-0.15, -0.1) is 0 Å². The van der Waals surface area contributed by atoms with Crippen LogP contribution in [0.4, 0.5) is 0 Å². The average molecular weight is 240 g/mol. The summed E-state index contributed by atoms with van der Waals surface area (Å²) in [4.78, 5) is 0. The van der Waals surface area contributed by atoms with Crippen LogP contribution in [0.15, 0.2) is 0 Å². The van der Waals surface area contributed by atoms with Gasteiger partial charge >= 0.3 is 0 Å². The molecule has 1 saturated carbocycles. The molecule has 1 heterocycles. The highest BCUT2D eigenvalue weighted by molar-refractivity contribution is 4.94. The zero-order valence-electron chi connectivity index (χ0n) is 11.9. The molecule has 0 bridgehead atoms. The van der Waals surface area contributed by atoms with E-state index in [2.05, 4.69) is 27.7 Å². The third-order valence-corrected chi connectivity index (χ3v) is 4.76. The average Bonchev–Trinajstić information content (AvgIpc) is 2.29. The van der Waals surface area contributed by atoms with E-state index >= 15 is 0 Å². The maximum atomic E-state index is 5.93. The topological polar surface area (TPSA) is 18.5 Å². The molecule has 0 amide bonds. The highest BCUT2D eigenvalue weighted by Crippen LogP contribution is 2.49. The van der Waals surface area contributed by atoms with Gasteiger partial charge in [0.2, 0.25) is 0 Å². The quantitative estimate of drug-likeness (QED) is 0.730. The van der Waals surface area contributed by atoms with Crippen LogP contribution in [0.25, 0.3) is 0 Å². The molecule has 1 aliphatic heterocycles. The molecule has 2 fully saturated rings. The molecular formula is C15H28O2. The molecule has 0 aromatic carbocycles. The van der Waals surface area contributed by atoms with E-state index in [4.69, 9.17) is 9.47 Å².